The molecule has 1 amide bonds. The molecular weight excluding hydrogens is 341 g/mol. The van der Waals surface area contributed by atoms with Crippen LogP contribution in [0.5, 0.6) is 0 Å². The Morgan fingerprint density at radius 3 is 2.24 bits per heavy atom. The predicted molar refractivity (Wildman–Crippen MR) is 78.9 cm³/mol. The molecule has 0 aliphatic carbocycles. The minimum absolute atomic E-state index is 0.0178. The van der Waals surface area contributed by atoms with Crippen molar-refractivity contribution in [2.45, 2.75) is 49.3 Å². The molecule has 0 N–H and O–H groups in total. The molecule has 1 rings (SSSR count). The number of methoxy groups -OCH3 is 3. The number of amides is 1. The number of ether oxygens (including phenoxy) is 3. The van der Waals surface area contributed by atoms with E-state index in [2.05, 4.69) is 20.8 Å². The molecule has 0 aromatic carbocycles. The second-order valence-electron chi connectivity index (χ2n) is 6.05. The van der Waals surface area contributed by atoms with E-state index in [9.17, 15) is 9.59 Å². The summed E-state index contributed by atoms with van der Waals surface area (Å²) in [5, 5.41) is 0. The molecule has 1 heterocycles. The zero-order chi connectivity index (χ0) is 16.2. The summed E-state index contributed by atoms with van der Waals surface area (Å²) in [6.07, 6.45) is 0.966. The Morgan fingerprint density at radius 2 is 1.86 bits per heavy atom. The van der Waals surface area contributed by atoms with Gasteiger partial charge in [0.25, 0.3) is 0 Å². The number of hydrogen-bond donors (Lipinski definition) is 0. The normalized spacial score (nSPS) is 26.2. The molecule has 0 spiro atoms. The van der Waals surface area contributed by atoms with Gasteiger partial charge in [-0.2, -0.15) is 0 Å². The number of rotatable bonds is 6. The summed E-state index contributed by atoms with van der Waals surface area (Å²) < 4.78 is 15.4. The van der Waals surface area contributed by atoms with Crippen LogP contribution in [0.4, 0.5) is 0 Å². The van der Waals surface area contributed by atoms with Gasteiger partial charge in [0.2, 0.25) is 0 Å². The van der Waals surface area contributed by atoms with Crippen LogP contribution in [0, 0.1) is 5.41 Å². The molecule has 21 heavy (non-hydrogen) atoms. The van der Waals surface area contributed by atoms with Crippen LogP contribution in [0.15, 0.2) is 0 Å². The van der Waals surface area contributed by atoms with Crippen LogP contribution in [-0.2, 0) is 23.8 Å². The number of nitrogens with zero attached hydrogens (tertiary/aromatic N) is 1. The fourth-order valence-electron chi connectivity index (χ4n) is 2.48. The summed E-state index contributed by atoms with van der Waals surface area (Å²) in [6, 6.07) is -0.551. The molecule has 3 atom stereocenters. The second-order valence-corrected chi connectivity index (χ2v) is 8.83. The van der Waals surface area contributed by atoms with Crippen molar-refractivity contribution in [3.05, 3.63) is 0 Å². The van der Waals surface area contributed by atoms with E-state index in [4.69, 9.17) is 14.2 Å². The van der Waals surface area contributed by atoms with Gasteiger partial charge in [-0.1, -0.05) is 0 Å². The average molecular weight is 366 g/mol. The molecule has 6 nitrogen and oxygen atoms in total. The fraction of sp³-hybridized carbons (Fsp3) is 0.857. The van der Waals surface area contributed by atoms with Crippen molar-refractivity contribution >= 4 is 27.3 Å². The first-order valence-corrected chi connectivity index (χ1v) is 8.79. The van der Waals surface area contributed by atoms with E-state index < -0.39 is 6.04 Å². The first-order valence-electron chi connectivity index (χ1n) is 6.81. The van der Waals surface area contributed by atoms with E-state index in [1.54, 1.807) is 19.1 Å². The van der Waals surface area contributed by atoms with Crippen molar-refractivity contribution in [2.24, 2.45) is 5.41 Å². The van der Waals surface area contributed by atoms with E-state index in [0.717, 1.165) is 6.41 Å². The van der Waals surface area contributed by atoms with Gasteiger partial charge in [0.1, 0.15) is 0 Å². The van der Waals surface area contributed by atoms with Crippen LogP contribution in [0.2, 0.25) is 4.82 Å². The van der Waals surface area contributed by atoms with Gasteiger partial charge in [0.05, 0.1) is 0 Å². The van der Waals surface area contributed by atoms with Crippen LogP contribution in [0.3, 0.4) is 0 Å². The van der Waals surface area contributed by atoms with Gasteiger partial charge < -0.3 is 0 Å². The molecule has 0 saturated carbocycles. The van der Waals surface area contributed by atoms with Crippen molar-refractivity contribution in [1.82, 2.24) is 4.90 Å². The third-order valence-corrected chi connectivity index (χ3v) is 7.72. The molecule has 0 aromatic rings. The number of carbonyl (C=O) groups is 2. The van der Waals surface area contributed by atoms with Gasteiger partial charge in [0, 0.05) is 0 Å². The number of hydrogen-bond acceptors (Lipinski definition) is 5. The molecular formula is C14H25NO5Se. The molecule has 0 radical (unpaired) electrons. The van der Waals surface area contributed by atoms with Crippen molar-refractivity contribution in [3.8, 4) is 0 Å². The van der Waals surface area contributed by atoms with Crippen LogP contribution in [0.1, 0.15) is 27.2 Å². The Labute approximate surface area is 132 Å². The molecule has 122 valence electrons. The summed E-state index contributed by atoms with van der Waals surface area (Å²) in [5.41, 5.74) is -0.0857. The van der Waals surface area contributed by atoms with Gasteiger partial charge in [-0.25, -0.2) is 0 Å². The summed E-state index contributed by atoms with van der Waals surface area (Å²) >= 11 is 0.0767. The van der Waals surface area contributed by atoms with Gasteiger partial charge in [-0.05, 0) is 0 Å². The van der Waals surface area contributed by atoms with E-state index in [0.29, 0.717) is 6.42 Å². The summed E-state index contributed by atoms with van der Waals surface area (Å²) in [6.45, 7) is 6.24. The topological polar surface area (TPSA) is 65.1 Å². The van der Waals surface area contributed by atoms with Crippen LogP contribution >= 0.6 is 0 Å². The van der Waals surface area contributed by atoms with Gasteiger partial charge in [-0.15, -0.1) is 0 Å². The third kappa shape index (κ3) is 4.19. The SMILES string of the molecule is COC(=O)[C@@H]1[C@@H](CC(OC)OC)[Se][C@H](C(C)(C)C)N1C=O. The Bertz CT molecular complexity index is 367. The van der Waals surface area contributed by atoms with Crippen molar-refractivity contribution in [1.29, 1.82) is 0 Å². The van der Waals surface area contributed by atoms with E-state index >= 15 is 0 Å². The van der Waals surface area contributed by atoms with E-state index in [-0.39, 0.29) is 42.4 Å². The van der Waals surface area contributed by atoms with Crippen LogP contribution in [0.25, 0.3) is 0 Å². The Balaban J connectivity index is 3.04. The standard InChI is InChI=1S/C14H25NO5Se/c1-14(2,3)13-15(8-16)11(12(17)20-6)9(21-13)7-10(18-4)19-5/h8-11,13H,7H2,1-6H3/t9-,11+,13-/m1/s1. The summed E-state index contributed by atoms with van der Waals surface area (Å²) in [5.74, 6) is -0.369. The quantitative estimate of drug-likeness (QED) is 0.302. The zero-order valence-corrected chi connectivity index (χ0v) is 15.2. The molecule has 7 heteroatoms. The van der Waals surface area contributed by atoms with Crippen molar-refractivity contribution < 1.29 is 23.8 Å². The molecule has 1 aliphatic heterocycles. The van der Waals surface area contributed by atoms with Crippen molar-refractivity contribution in [2.75, 3.05) is 21.3 Å². The molecule has 1 aliphatic rings. The Hall–Kier alpha value is -0.621. The van der Waals surface area contributed by atoms with Gasteiger partial charge >= 0.3 is 132 Å². The first-order chi connectivity index (χ1) is 9.79. The Kier molecular flexibility index (Phi) is 6.66. The maximum atomic E-state index is 12.1. The monoisotopic (exact) mass is 367 g/mol. The molecule has 1 fully saturated rings. The van der Waals surface area contributed by atoms with E-state index in [1.807, 2.05) is 0 Å². The molecule has 0 aromatic heterocycles. The van der Waals surface area contributed by atoms with E-state index in [1.165, 1.54) is 7.11 Å². The second kappa shape index (κ2) is 7.58. The van der Waals surface area contributed by atoms with Gasteiger partial charge in [-0.3, -0.25) is 0 Å². The van der Waals surface area contributed by atoms with Crippen LogP contribution < -0.4 is 0 Å². The third-order valence-electron chi connectivity index (χ3n) is 3.50. The Morgan fingerprint density at radius 1 is 1.29 bits per heavy atom. The number of esters is 1. The minimum atomic E-state index is -0.551. The number of carbonyl (C=O) groups excluding carboxylic acids is 2. The summed E-state index contributed by atoms with van der Waals surface area (Å²) in [7, 11) is 4.49. The van der Waals surface area contributed by atoms with Crippen LogP contribution in [-0.4, -0.2) is 70.8 Å². The molecule has 0 bridgehead atoms. The van der Waals surface area contributed by atoms with Gasteiger partial charge in [0.15, 0.2) is 0 Å². The molecule has 1 saturated heterocycles. The first kappa shape index (κ1) is 18.4. The fourth-order valence-corrected chi connectivity index (χ4v) is 6.11. The van der Waals surface area contributed by atoms with Crippen molar-refractivity contribution in [3.63, 3.8) is 0 Å². The summed E-state index contributed by atoms with van der Waals surface area (Å²) in [4.78, 5) is 25.4. The molecule has 0 unspecified atom stereocenters. The maximum absolute atomic E-state index is 12.1. The average Bonchev–Trinajstić information content (AvgIpc) is 2.82. The zero-order valence-electron chi connectivity index (χ0n) is 13.5. The predicted octanol–water partition coefficient (Wildman–Crippen LogP) is 0.874.